The van der Waals surface area contributed by atoms with E-state index in [1.165, 1.54) is 12.1 Å². The zero-order valence-corrected chi connectivity index (χ0v) is 12.7. The third-order valence-corrected chi connectivity index (χ3v) is 3.62. The highest BCUT2D eigenvalue weighted by Gasteiger charge is 2.49. The van der Waals surface area contributed by atoms with Crippen LogP contribution in [0.25, 0.3) is 11.9 Å². The third-order valence-electron chi connectivity index (χ3n) is 3.62. The molecule has 0 atom stereocenters. The lowest BCUT2D eigenvalue weighted by atomic mass is 9.83. The number of hydrogen-bond acceptors (Lipinski definition) is 1. The zero-order chi connectivity index (χ0) is 17.4. The largest absolute Gasteiger partial charge is 0.398 e. The number of alkyl halides is 3. The Hall–Kier alpha value is -2.18. The van der Waals surface area contributed by atoms with Gasteiger partial charge in [-0.2, -0.15) is 18.3 Å². The Balaban J connectivity index is 2.37. The smallest absolute Gasteiger partial charge is 0.282 e. The van der Waals surface area contributed by atoms with Gasteiger partial charge in [0.2, 0.25) is 0 Å². The average molecular weight is 330 g/mol. The van der Waals surface area contributed by atoms with E-state index in [9.17, 15) is 22.0 Å². The molecule has 2 aromatic rings. The Kier molecular flexibility index (Phi) is 4.32. The summed E-state index contributed by atoms with van der Waals surface area (Å²) in [6, 6.07) is 4.61. The van der Waals surface area contributed by atoms with Crippen LogP contribution in [0.15, 0.2) is 24.3 Å². The quantitative estimate of drug-likeness (QED) is 0.773. The maximum Gasteiger partial charge on any atom is 0.398 e. The first kappa shape index (κ1) is 17.2. The number of nitrogens with zero attached hydrogens (tertiary/aromatic N) is 1. The molecule has 1 aromatic heterocycles. The molecule has 0 radical (unpaired) electrons. The summed E-state index contributed by atoms with van der Waals surface area (Å²) in [5.41, 5.74) is -2.02. The molecule has 1 N–H and O–H groups in total. The van der Waals surface area contributed by atoms with Crippen molar-refractivity contribution in [2.45, 2.75) is 32.4 Å². The molecule has 0 bridgehead atoms. The molecule has 0 aliphatic rings. The van der Waals surface area contributed by atoms with E-state index >= 15 is 0 Å². The fourth-order valence-corrected chi connectivity index (χ4v) is 2.04. The monoisotopic (exact) mass is 330 g/mol. The highest BCUT2D eigenvalue weighted by atomic mass is 19.4. The van der Waals surface area contributed by atoms with Gasteiger partial charge in [0.25, 0.3) is 0 Å². The normalized spacial score (nSPS) is 13.5. The maximum atomic E-state index is 14.1. The molecule has 124 valence electrons. The predicted octanol–water partition coefficient (Wildman–Crippen LogP) is 5.16. The summed E-state index contributed by atoms with van der Waals surface area (Å²) < 4.78 is 67.0. The van der Waals surface area contributed by atoms with Gasteiger partial charge < -0.3 is 0 Å². The lowest BCUT2D eigenvalue weighted by molar-refractivity contribution is -0.180. The standard InChI is InChI=1S/C16H15F5N2/c1-9-6-14(23-22-9)13(18)8-10-4-5-11(12(17)7-10)15(2,3)16(19,20)21/h4-8H,1-3H3,(H,22,23)/b13-8-. The van der Waals surface area contributed by atoms with Crippen LogP contribution in [-0.4, -0.2) is 16.4 Å². The second-order valence-electron chi connectivity index (χ2n) is 5.79. The highest BCUT2D eigenvalue weighted by molar-refractivity contribution is 5.75. The van der Waals surface area contributed by atoms with Crippen LogP contribution in [-0.2, 0) is 5.41 Å². The number of nitrogens with one attached hydrogen (secondary N) is 1. The predicted molar refractivity (Wildman–Crippen MR) is 77.8 cm³/mol. The van der Waals surface area contributed by atoms with Gasteiger partial charge in [-0.05, 0) is 44.5 Å². The van der Waals surface area contributed by atoms with Crippen molar-refractivity contribution in [1.29, 1.82) is 0 Å². The molecule has 7 heteroatoms. The molecule has 0 aliphatic heterocycles. The first-order chi connectivity index (χ1) is 10.5. The summed E-state index contributed by atoms with van der Waals surface area (Å²) >= 11 is 0. The van der Waals surface area contributed by atoms with Crippen LogP contribution in [0, 0.1) is 12.7 Å². The molecule has 0 fully saturated rings. The molecular weight excluding hydrogens is 315 g/mol. The van der Waals surface area contributed by atoms with Crippen molar-refractivity contribution in [3.63, 3.8) is 0 Å². The van der Waals surface area contributed by atoms with Gasteiger partial charge in [0.15, 0.2) is 5.83 Å². The molecule has 23 heavy (non-hydrogen) atoms. The van der Waals surface area contributed by atoms with Gasteiger partial charge in [-0.3, -0.25) is 5.10 Å². The molecule has 0 saturated carbocycles. The summed E-state index contributed by atoms with van der Waals surface area (Å²) in [6.07, 6.45) is -3.58. The van der Waals surface area contributed by atoms with Crippen molar-refractivity contribution < 1.29 is 22.0 Å². The van der Waals surface area contributed by atoms with Gasteiger partial charge in [-0.1, -0.05) is 12.1 Å². The van der Waals surface area contributed by atoms with E-state index < -0.39 is 28.8 Å². The third kappa shape index (κ3) is 3.43. The van der Waals surface area contributed by atoms with Crippen molar-refractivity contribution in [1.82, 2.24) is 10.2 Å². The average Bonchev–Trinajstić information content (AvgIpc) is 2.84. The summed E-state index contributed by atoms with van der Waals surface area (Å²) in [4.78, 5) is 0. The van der Waals surface area contributed by atoms with E-state index in [1.54, 1.807) is 6.92 Å². The van der Waals surface area contributed by atoms with Crippen molar-refractivity contribution in [2.75, 3.05) is 0 Å². The minimum Gasteiger partial charge on any atom is -0.282 e. The van der Waals surface area contributed by atoms with Crippen LogP contribution >= 0.6 is 0 Å². The van der Waals surface area contributed by atoms with Crippen LogP contribution in [0.5, 0.6) is 0 Å². The van der Waals surface area contributed by atoms with E-state index in [-0.39, 0.29) is 11.3 Å². The zero-order valence-electron chi connectivity index (χ0n) is 12.7. The van der Waals surface area contributed by atoms with Gasteiger partial charge in [0.1, 0.15) is 11.5 Å². The SMILES string of the molecule is Cc1cc(/C(F)=C/c2ccc(C(C)(C)C(F)(F)F)c(F)c2)n[nH]1. The topological polar surface area (TPSA) is 28.7 Å². The molecule has 1 heterocycles. The Morgan fingerprint density at radius 1 is 1.17 bits per heavy atom. The summed E-state index contributed by atoms with van der Waals surface area (Å²) in [6.45, 7) is 3.49. The number of aromatic nitrogens is 2. The molecule has 0 spiro atoms. The van der Waals surface area contributed by atoms with Gasteiger partial charge in [0.05, 0.1) is 5.41 Å². The Labute approximate surface area is 130 Å². The highest BCUT2D eigenvalue weighted by Crippen LogP contribution is 2.41. The first-order valence-electron chi connectivity index (χ1n) is 6.78. The van der Waals surface area contributed by atoms with E-state index in [1.807, 2.05) is 0 Å². The van der Waals surface area contributed by atoms with Crippen LogP contribution in [0.3, 0.4) is 0 Å². The molecule has 0 amide bonds. The van der Waals surface area contributed by atoms with Crippen LogP contribution < -0.4 is 0 Å². The summed E-state index contributed by atoms with van der Waals surface area (Å²) in [5.74, 6) is -1.75. The number of aromatic amines is 1. The molecule has 2 nitrogen and oxygen atoms in total. The van der Waals surface area contributed by atoms with Crippen molar-refractivity contribution in [3.8, 4) is 0 Å². The number of rotatable bonds is 3. The second-order valence-corrected chi connectivity index (χ2v) is 5.79. The van der Waals surface area contributed by atoms with E-state index in [2.05, 4.69) is 10.2 Å². The Morgan fingerprint density at radius 2 is 1.83 bits per heavy atom. The number of H-pyrrole nitrogens is 1. The lowest BCUT2D eigenvalue weighted by Crippen LogP contribution is -2.37. The molecule has 0 aliphatic carbocycles. The first-order valence-corrected chi connectivity index (χ1v) is 6.78. The van der Waals surface area contributed by atoms with Crippen LogP contribution in [0.4, 0.5) is 22.0 Å². The van der Waals surface area contributed by atoms with Gasteiger partial charge in [0, 0.05) is 11.3 Å². The van der Waals surface area contributed by atoms with Crippen LogP contribution in [0.1, 0.15) is 36.4 Å². The second kappa shape index (κ2) is 5.79. The van der Waals surface area contributed by atoms with Gasteiger partial charge in [-0.15, -0.1) is 0 Å². The molecule has 1 aromatic carbocycles. The molecular formula is C16H15F5N2. The van der Waals surface area contributed by atoms with Gasteiger partial charge in [-0.25, -0.2) is 8.78 Å². The number of benzene rings is 1. The minimum atomic E-state index is -4.59. The van der Waals surface area contributed by atoms with Gasteiger partial charge >= 0.3 is 6.18 Å². The van der Waals surface area contributed by atoms with Crippen molar-refractivity contribution in [2.24, 2.45) is 0 Å². The fourth-order valence-electron chi connectivity index (χ4n) is 2.04. The molecule has 0 saturated heterocycles. The van der Waals surface area contributed by atoms with Crippen molar-refractivity contribution in [3.05, 3.63) is 52.6 Å². The summed E-state index contributed by atoms with van der Waals surface area (Å²) in [5, 5.41) is 6.28. The summed E-state index contributed by atoms with van der Waals surface area (Å²) in [7, 11) is 0. The Bertz CT molecular complexity index is 741. The number of halogens is 5. The van der Waals surface area contributed by atoms with Crippen LogP contribution in [0.2, 0.25) is 0 Å². The van der Waals surface area contributed by atoms with Crippen molar-refractivity contribution >= 4 is 11.9 Å². The van der Waals surface area contributed by atoms with E-state index in [0.29, 0.717) is 5.69 Å². The molecule has 0 unspecified atom stereocenters. The minimum absolute atomic E-state index is 0.0441. The molecule has 2 rings (SSSR count). The number of aryl methyl sites for hydroxylation is 1. The van der Waals surface area contributed by atoms with E-state index in [4.69, 9.17) is 0 Å². The maximum absolute atomic E-state index is 14.1. The fraction of sp³-hybridized carbons (Fsp3) is 0.312. The Morgan fingerprint density at radius 3 is 2.30 bits per heavy atom. The lowest BCUT2D eigenvalue weighted by Gasteiger charge is -2.28. The van der Waals surface area contributed by atoms with E-state index in [0.717, 1.165) is 32.1 Å². The number of hydrogen-bond donors (Lipinski definition) is 1.